The minimum absolute atomic E-state index is 0.516. The number of nitrogens with two attached hydrogens (primary N) is 1. The molecule has 0 fully saturated rings. The van der Waals surface area contributed by atoms with Crippen LogP contribution >= 0.6 is 15.9 Å². The van der Waals surface area contributed by atoms with Crippen LogP contribution in [0.2, 0.25) is 0 Å². The van der Waals surface area contributed by atoms with E-state index >= 15 is 0 Å². The molecule has 0 aliphatic rings. The summed E-state index contributed by atoms with van der Waals surface area (Å²) in [7, 11) is 1.54. The third kappa shape index (κ3) is 2.30. The lowest BCUT2D eigenvalue weighted by Gasteiger charge is -2.20. The summed E-state index contributed by atoms with van der Waals surface area (Å²) in [6.07, 6.45) is 0. The number of ether oxygens (including phenoxy) is 1. The molecule has 1 aromatic rings. The molecule has 0 radical (unpaired) electrons. The highest BCUT2D eigenvalue weighted by Gasteiger charge is 2.30. The number of carboxylic acid groups (broad SMARTS) is 1. The maximum atomic E-state index is 10.9. The number of aliphatic carboxylic acids is 1. The number of methoxy groups -OCH3 is 1. The number of hydrogen-bond acceptors (Lipinski definition) is 3. The summed E-state index contributed by atoms with van der Waals surface area (Å²) in [5, 5.41) is 8.94. The van der Waals surface area contributed by atoms with Crippen molar-refractivity contribution in [2.75, 3.05) is 7.11 Å². The Hall–Kier alpha value is -1.07. The van der Waals surface area contributed by atoms with Gasteiger partial charge < -0.3 is 15.6 Å². The number of carboxylic acids is 1. The van der Waals surface area contributed by atoms with E-state index in [9.17, 15) is 4.79 Å². The summed E-state index contributed by atoms with van der Waals surface area (Å²) in [6, 6.07) is 4.96. The van der Waals surface area contributed by atoms with Gasteiger partial charge in [-0.2, -0.15) is 0 Å². The molecule has 1 rings (SSSR count). The first-order valence-electron chi connectivity index (χ1n) is 4.26. The third-order valence-corrected chi connectivity index (χ3v) is 2.82. The molecule has 1 aromatic carbocycles. The summed E-state index contributed by atoms with van der Waals surface area (Å²) < 4.78 is 5.72. The van der Waals surface area contributed by atoms with E-state index in [1.807, 2.05) is 0 Å². The van der Waals surface area contributed by atoms with E-state index in [0.29, 0.717) is 15.8 Å². The molecule has 0 amide bonds. The fraction of sp³-hybridized carbons (Fsp3) is 0.300. The summed E-state index contributed by atoms with van der Waals surface area (Å²) in [5.41, 5.74) is 4.80. The van der Waals surface area contributed by atoms with Gasteiger partial charge in [-0.15, -0.1) is 0 Å². The maximum absolute atomic E-state index is 10.9. The molecule has 5 heteroatoms. The van der Waals surface area contributed by atoms with E-state index in [2.05, 4.69) is 15.9 Å². The number of carbonyl (C=O) groups is 1. The van der Waals surface area contributed by atoms with E-state index in [1.54, 1.807) is 25.3 Å². The zero-order chi connectivity index (χ0) is 11.6. The van der Waals surface area contributed by atoms with Crippen molar-refractivity contribution < 1.29 is 14.6 Å². The van der Waals surface area contributed by atoms with Gasteiger partial charge in [0.15, 0.2) is 0 Å². The van der Waals surface area contributed by atoms with Crippen molar-refractivity contribution in [3.05, 3.63) is 28.2 Å². The van der Waals surface area contributed by atoms with Gasteiger partial charge in [-0.25, -0.2) is 4.79 Å². The van der Waals surface area contributed by atoms with Gasteiger partial charge in [-0.05, 0) is 40.5 Å². The van der Waals surface area contributed by atoms with Crippen molar-refractivity contribution in [3.8, 4) is 5.75 Å². The molecule has 0 aliphatic heterocycles. The van der Waals surface area contributed by atoms with Crippen LogP contribution in [0.4, 0.5) is 0 Å². The number of benzene rings is 1. The Labute approximate surface area is 96.2 Å². The Balaban J connectivity index is 3.18. The molecule has 0 aromatic heterocycles. The Morgan fingerprint density at radius 1 is 1.60 bits per heavy atom. The van der Waals surface area contributed by atoms with Gasteiger partial charge >= 0.3 is 5.97 Å². The van der Waals surface area contributed by atoms with Gasteiger partial charge in [-0.3, -0.25) is 0 Å². The van der Waals surface area contributed by atoms with Crippen molar-refractivity contribution >= 4 is 21.9 Å². The molecular formula is C10H12BrNO3. The highest BCUT2D eigenvalue weighted by atomic mass is 79.9. The SMILES string of the molecule is COc1ccc(C(C)(N)C(=O)O)cc1Br. The first kappa shape index (κ1) is 12.0. The van der Waals surface area contributed by atoms with Crippen molar-refractivity contribution in [1.29, 1.82) is 0 Å². The first-order chi connectivity index (χ1) is 6.89. The van der Waals surface area contributed by atoms with Crippen LogP contribution < -0.4 is 10.5 Å². The Kier molecular flexibility index (Phi) is 3.36. The maximum Gasteiger partial charge on any atom is 0.328 e. The summed E-state index contributed by atoms with van der Waals surface area (Å²) >= 11 is 3.28. The highest BCUT2D eigenvalue weighted by Crippen LogP contribution is 2.29. The standard InChI is InChI=1S/C10H12BrNO3/c1-10(12,9(13)14)6-3-4-8(15-2)7(11)5-6/h3-5H,12H2,1-2H3,(H,13,14). The second-order valence-electron chi connectivity index (χ2n) is 3.36. The molecular weight excluding hydrogens is 262 g/mol. The molecule has 0 aliphatic carbocycles. The quantitative estimate of drug-likeness (QED) is 0.880. The van der Waals surface area contributed by atoms with Crippen LogP contribution in [0.1, 0.15) is 12.5 Å². The van der Waals surface area contributed by atoms with Gasteiger partial charge in [-0.1, -0.05) is 6.07 Å². The largest absolute Gasteiger partial charge is 0.496 e. The zero-order valence-corrected chi connectivity index (χ0v) is 10.0. The zero-order valence-electron chi connectivity index (χ0n) is 8.45. The Morgan fingerprint density at radius 2 is 2.20 bits per heavy atom. The monoisotopic (exact) mass is 273 g/mol. The molecule has 82 valence electrons. The van der Waals surface area contributed by atoms with Crippen LogP contribution in [0.5, 0.6) is 5.75 Å². The summed E-state index contributed by atoms with van der Waals surface area (Å²) in [4.78, 5) is 10.9. The fourth-order valence-corrected chi connectivity index (χ4v) is 1.65. The molecule has 0 saturated heterocycles. The minimum Gasteiger partial charge on any atom is -0.496 e. The van der Waals surface area contributed by atoms with Crippen LogP contribution in [-0.4, -0.2) is 18.2 Å². The smallest absolute Gasteiger partial charge is 0.328 e. The molecule has 0 bridgehead atoms. The van der Waals surface area contributed by atoms with E-state index in [-0.39, 0.29) is 0 Å². The second-order valence-corrected chi connectivity index (χ2v) is 4.21. The van der Waals surface area contributed by atoms with E-state index in [0.717, 1.165) is 0 Å². The molecule has 4 nitrogen and oxygen atoms in total. The van der Waals surface area contributed by atoms with Gasteiger partial charge in [0.1, 0.15) is 11.3 Å². The molecule has 3 N–H and O–H groups in total. The van der Waals surface area contributed by atoms with Gasteiger partial charge in [0.05, 0.1) is 11.6 Å². The average molecular weight is 274 g/mol. The molecule has 0 spiro atoms. The normalized spacial score (nSPS) is 14.4. The second kappa shape index (κ2) is 4.20. The van der Waals surface area contributed by atoms with Gasteiger partial charge in [0, 0.05) is 0 Å². The topological polar surface area (TPSA) is 72.5 Å². The van der Waals surface area contributed by atoms with Crippen LogP contribution in [0.3, 0.4) is 0 Å². The van der Waals surface area contributed by atoms with Crippen LogP contribution in [0.15, 0.2) is 22.7 Å². The van der Waals surface area contributed by atoms with Crippen molar-refractivity contribution in [2.45, 2.75) is 12.5 Å². The van der Waals surface area contributed by atoms with Crippen LogP contribution in [-0.2, 0) is 10.3 Å². The van der Waals surface area contributed by atoms with E-state index in [1.165, 1.54) is 6.92 Å². The molecule has 0 saturated carbocycles. The Morgan fingerprint density at radius 3 is 2.60 bits per heavy atom. The predicted molar refractivity (Wildman–Crippen MR) is 59.9 cm³/mol. The predicted octanol–water partition coefficient (Wildman–Crippen LogP) is 1.72. The summed E-state index contributed by atoms with van der Waals surface area (Å²) in [6.45, 7) is 1.45. The minimum atomic E-state index is -1.39. The number of rotatable bonds is 3. The third-order valence-electron chi connectivity index (χ3n) is 2.20. The van der Waals surface area contributed by atoms with Crippen LogP contribution in [0.25, 0.3) is 0 Å². The number of halogens is 1. The highest BCUT2D eigenvalue weighted by molar-refractivity contribution is 9.10. The van der Waals surface area contributed by atoms with Crippen molar-refractivity contribution in [3.63, 3.8) is 0 Å². The Bertz CT molecular complexity index is 390. The van der Waals surface area contributed by atoms with E-state index in [4.69, 9.17) is 15.6 Å². The van der Waals surface area contributed by atoms with Crippen LogP contribution in [0, 0.1) is 0 Å². The van der Waals surface area contributed by atoms with E-state index < -0.39 is 11.5 Å². The van der Waals surface area contributed by atoms with Gasteiger partial charge in [0.25, 0.3) is 0 Å². The fourth-order valence-electron chi connectivity index (χ4n) is 1.11. The lowest BCUT2D eigenvalue weighted by atomic mass is 9.93. The molecule has 15 heavy (non-hydrogen) atoms. The molecule has 1 unspecified atom stereocenters. The number of hydrogen-bond donors (Lipinski definition) is 2. The molecule has 1 atom stereocenters. The van der Waals surface area contributed by atoms with Crippen molar-refractivity contribution in [2.24, 2.45) is 5.73 Å². The first-order valence-corrected chi connectivity index (χ1v) is 5.05. The summed E-state index contributed by atoms with van der Waals surface area (Å²) in [5.74, 6) is -0.431. The van der Waals surface area contributed by atoms with Crippen molar-refractivity contribution in [1.82, 2.24) is 0 Å². The average Bonchev–Trinajstić information content (AvgIpc) is 2.17. The lowest BCUT2D eigenvalue weighted by Crippen LogP contribution is -2.41. The lowest BCUT2D eigenvalue weighted by molar-refractivity contribution is -0.143. The molecule has 0 heterocycles. The van der Waals surface area contributed by atoms with Gasteiger partial charge in [0.2, 0.25) is 0 Å².